The quantitative estimate of drug-likeness (QED) is 0.942. The van der Waals surface area contributed by atoms with E-state index >= 15 is 0 Å². The van der Waals surface area contributed by atoms with Gasteiger partial charge in [-0.1, -0.05) is 29.8 Å². The van der Waals surface area contributed by atoms with Crippen LogP contribution in [-0.4, -0.2) is 41.2 Å². The predicted octanol–water partition coefficient (Wildman–Crippen LogP) is 3.17. The number of hydrogen-bond acceptors (Lipinski definition) is 3. The fraction of sp³-hybridized carbons (Fsp3) is 0.500. The van der Waals surface area contributed by atoms with E-state index in [1.165, 1.54) is 30.5 Å². The number of ether oxygens (including phenoxy) is 1. The number of aromatic nitrogens is 2. The van der Waals surface area contributed by atoms with Gasteiger partial charge in [0.05, 0.1) is 31.1 Å². The average Bonchev–Trinajstić information content (AvgIpc) is 3.22. The molecule has 4 rings (SSSR count). The molecule has 22 heavy (non-hydrogen) atoms. The van der Waals surface area contributed by atoms with Gasteiger partial charge in [-0.15, -0.1) is 0 Å². The minimum atomic E-state index is 0.272. The van der Waals surface area contributed by atoms with Crippen molar-refractivity contribution in [2.24, 2.45) is 5.92 Å². The van der Waals surface area contributed by atoms with E-state index in [0.717, 1.165) is 37.2 Å². The van der Waals surface area contributed by atoms with E-state index in [-0.39, 0.29) is 6.04 Å². The van der Waals surface area contributed by atoms with E-state index in [4.69, 9.17) is 4.74 Å². The van der Waals surface area contributed by atoms with Crippen LogP contribution in [0.15, 0.2) is 30.5 Å². The van der Waals surface area contributed by atoms with Crippen molar-refractivity contribution in [3.63, 3.8) is 0 Å². The molecule has 0 radical (unpaired) electrons. The molecule has 1 saturated carbocycles. The SMILES string of the molecule is Cc1ccc(-c2cnc(C3COCCN3CC3CC3)[nH]2)cc1. The molecule has 4 heteroatoms. The first-order valence-electron chi connectivity index (χ1n) is 8.23. The maximum Gasteiger partial charge on any atom is 0.126 e. The van der Waals surface area contributed by atoms with Crippen LogP contribution >= 0.6 is 0 Å². The van der Waals surface area contributed by atoms with Crippen molar-refractivity contribution in [2.75, 3.05) is 26.3 Å². The molecule has 0 amide bonds. The molecule has 2 fully saturated rings. The van der Waals surface area contributed by atoms with Crippen molar-refractivity contribution in [3.8, 4) is 11.3 Å². The molecule has 1 aliphatic carbocycles. The maximum atomic E-state index is 5.70. The van der Waals surface area contributed by atoms with Crippen molar-refractivity contribution in [1.82, 2.24) is 14.9 Å². The number of benzene rings is 1. The van der Waals surface area contributed by atoms with Gasteiger partial charge in [-0.25, -0.2) is 4.98 Å². The molecule has 2 aromatic rings. The minimum Gasteiger partial charge on any atom is -0.378 e. The zero-order valence-electron chi connectivity index (χ0n) is 13.1. The zero-order valence-corrected chi connectivity index (χ0v) is 13.1. The second-order valence-electron chi connectivity index (χ2n) is 6.58. The summed E-state index contributed by atoms with van der Waals surface area (Å²) in [5.74, 6) is 1.93. The lowest BCUT2D eigenvalue weighted by Gasteiger charge is -2.34. The Morgan fingerprint density at radius 1 is 1.27 bits per heavy atom. The normalized spacial score (nSPS) is 22.9. The fourth-order valence-corrected chi connectivity index (χ4v) is 3.13. The molecule has 1 N–H and O–H groups in total. The van der Waals surface area contributed by atoms with Crippen molar-refractivity contribution >= 4 is 0 Å². The Hall–Kier alpha value is -1.65. The third-order valence-corrected chi connectivity index (χ3v) is 4.70. The van der Waals surface area contributed by atoms with Crippen LogP contribution in [0.1, 0.15) is 30.3 Å². The molecule has 1 saturated heterocycles. The minimum absolute atomic E-state index is 0.272. The maximum absolute atomic E-state index is 5.70. The van der Waals surface area contributed by atoms with Gasteiger partial charge in [0.25, 0.3) is 0 Å². The molecular weight excluding hydrogens is 274 g/mol. The van der Waals surface area contributed by atoms with E-state index in [1.807, 2.05) is 6.20 Å². The van der Waals surface area contributed by atoms with Crippen LogP contribution in [0.3, 0.4) is 0 Å². The highest BCUT2D eigenvalue weighted by Crippen LogP contribution is 2.33. The number of rotatable bonds is 4. The number of hydrogen-bond donors (Lipinski definition) is 1. The van der Waals surface area contributed by atoms with E-state index in [0.29, 0.717) is 0 Å². The van der Waals surface area contributed by atoms with Gasteiger partial charge in [0.1, 0.15) is 5.82 Å². The summed E-state index contributed by atoms with van der Waals surface area (Å²) in [6.07, 6.45) is 4.72. The highest BCUT2D eigenvalue weighted by Gasteiger charge is 2.32. The summed E-state index contributed by atoms with van der Waals surface area (Å²) in [6.45, 7) is 5.90. The van der Waals surface area contributed by atoms with Gasteiger partial charge in [0.2, 0.25) is 0 Å². The molecule has 116 valence electrons. The summed E-state index contributed by atoms with van der Waals surface area (Å²) in [7, 11) is 0. The monoisotopic (exact) mass is 297 g/mol. The summed E-state index contributed by atoms with van der Waals surface area (Å²) < 4.78 is 5.70. The predicted molar refractivity (Wildman–Crippen MR) is 86.6 cm³/mol. The Morgan fingerprint density at radius 3 is 2.86 bits per heavy atom. The Balaban J connectivity index is 1.54. The highest BCUT2D eigenvalue weighted by atomic mass is 16.5. The molecule has 1 atom stereocenters. The summed E-state index contributed by atoms with van der Waals surface area (Å²) in [5, 5.41) is 0. The summed E-state index contributed by atoms with van der Waals surface area (Å²) >= 11 is 0. The largest absolute Gasteiger partial charge is 0.378 e. The Kier molecular flexibility index (Phi) is 3.72. The molecule has 0 bridgehead atoms. The Labute approximate surface area is 131 Å². The van der Waals surface area contributed by atoms with Crippen molar-refractivity contribution in [1.29, 1.82) is 0 Å². The topological polar surface area (TPSA) is 41.1 Å². The van der Waals surface area contributed by atoms with Gasteiger partial charge in [0, 0.05) is 13.1 Å². The summed E-state index contributed by atoms with van der Waals surface area (Å²) in [6, 6.07) is 8.84. The van der Waals surface area contributed by atoms with Gasteiger partial charge in [-0.3, -0.25) is 4.90 Å². The van der Waals surface area contributed by atoms with E-state index in [9.17, 15) is 0 Å². The fourth-order valence-electron chi connectivity index (χ4n) is 3.13. The van der Waals surface area contributed by atoms with E-state index in [1.54, 1.807) is 0 Å². The van der Waals surface area contributed by atoms with Crippen LogP contribution in [-0.2, 0) is 4.74 Å². The molecule has 2 heterocycles. The van der Waals surface area contributed by atoms with Gasteiger partial charge < -0.3 is 9.72 Å². The highest BCUT2D eigenvalue weighted by molar-refractivity contribution is 5.58. The van der Waals surface area contributed by atoms with Crippen molar-refractivity contribution < 1.29 is 4.74 Å². The number of aryl methyl sites for hydroxylation is 1. The van der Waals surface area contributed by atoms with Crippen LogP contribution in [0.5, 0.6) is 0 Å². The number of aromatic amines is 1. The van der Waals surface area contributed by atoms with Crippen LogP contribution in [0.4, 0.5) is 0 Å². The standard InChI is InChI=1S/C18H23N3O/c1-13-2-6-15(7-3-13)16-10-19-18(20-16)17-12-22-9-8-21(17)11-14-4-5-14/h2-3,6-7,10,14,17H,4-5,8-9,11-12H2,1H3,(H,19,20). The molecular formula is C18H23N3O. The summed E-state index contributed by atoms with van der Waals surface area (Å²) in [4.78, 5) is 10.7. The second kappa shape index (κ2) is 5.86. The lowest BCUT2D eigenvalue weighted by atomic mass is 10.1. The molecule has 1 aromatic carbocycles. The first kappa shape index (κ1) is 14.0. The molecule has 0 spiro atoms. The smallest absolute Gasteiger partial charge is 0.126 e. The van der Waals surface area contributed by atoms with E-state index < -0.39 is 0 Å². The summed E-state index contributed by atoms with van der Waals surface area (Å²) in [5.41, 5.74) is 3.56. The Bertz CT molecular complexity index is 630. The van der Waals surface area contributed by atoms with Gasteiger partial charge in [0.15, 0.2) is 0 Å². The van der Waals surface area contributed by atoms with Crippen LogP contribution in [0.2, 0.25) is 0 Å². The van der Waals surface area contributed by atoms with Gasteiger partial charge >= 0.3 is 0 Å². The molecule has 1 unspecified atom stereocenters. The molecule has 1 aliphatic heterocycles. The Morgan fingerprint density at radius 2 is 2.09 bits per heavy atom. The number of nitrogens with one attached hydrogen (secondary N) is 1. The van der Waals surface area contributed by atoms with Gasteiger partial charge in [-0.2, -0.15) is 0 Å². The number of H-pyrrole nitrogens is 1. The average molecular weight is 297 g/mol. The molecule has 1 aromatic heterocycles. The first-order chi connectivity index (χ1) is 10.8. The number of imidazole rings is 1. The van der Waals surface area contributed by atoms with Crippen LogP contribution in [0, 0.1) is 12.8 Å². The number of nitrogens with zero attached hydrogens (tertiary/aromatic N) is 2. The van der Waals surface area contributed by atoms with Crippen molar-refractivity contribution in [2.45, 2.75) is 25.8 Å². The number of morpholine rings is 1. The van der Waals surface area contributed by atoms with E-state index in [2.05, 4.69) is 46.1 Å². The second-order valence-corrected chi connectivity index (χ2v) is 6.58. The molecule has 4 nitrogen and oxygen atoms in total. The first-order valence-corrected chi connectivity index (χ1v) is 8.23. The third-order valence-electron chi connectivity index (χ3n) is 4.70. The molecule has 2 aliphatic rings. The zero-order chi connectivity index (χ0) is 14.9. The van der Waals surface area contributed by atoms with Crippen molar-refractivity contribution in [3.05, 3.63) is 41.9 Å². The lowest BCUT2D eigenvalue weighted by Crippen LogP contribution is -2.41. The third kappa shape index (κ3) is 2.94. The van der Waals surface area contributed by atoms with Crippen LogP contribution < -0.4 is 0 Å². The van der Waals surface area contributed by atoms with Gasteiger partial charge in [-0.05, 0) is 31.2 Å². The lowest BCUT2D eigenvalue weighted by molar-refractivity contribution is -0.0134. The van der Waals surface area contributed by atoms with Crippen LogP contribution in [0.25, 0.3) is 11.3 Å².